The second-order valence-corrected chi connectivity index (χ2v) is 16.4. The van der Waals surface area contributed by atoms with Crippen LogP contribution in [0.3, 0.4) is 0 Å². The third kappa shape index (κ3) is 8.14. The molecule has 60 heavy (non-hydrogen) atoms. The first-order chi connectivity index (χ1) is 29.0. The second kappa shape index (κ2) is 17.1. The summed E-state index contributed by atoms with van der Waals surface area (Å²) in [6, 6.07) is 28.6. The normalized spacial score (nSPS) is 19.0. The summed E-state index contributed by atoms with van der Waals surface area (Å²) in [5.41, 5.74) is 6.59. The van der Waals surface area contributed by atoms with Crippen LogP contribution in [0.15, 0.2) is 103 Å². The SMILES string of the molecule is COC(=O)NC(C(=O)N1CCC[C@H]1c1ncc(-c2ccc3cc(-c4ccc(-c5cnc([C@@H]6C[C@@H](F)CN6C(=O)[C@@H](c6ccccc6)N(C)C)[nH]5)cc4)ccc3c2)[nH]1)C(C)C. The summed E-state index contributed by atoms with van der Waals surface area (Å²) in [4.78, 5) is 61.0. The van der Waals surface area contributed by atoms with Crippen molar-refractivity contribution >= 4 is 28.7 Å². The zero-order valence-corrected chi connectivity index (χ0v) is 34.6. The summed E-state index contributed by atoms with van der Waals surface area (Å²) in [5, 5.41) is 4.87. The van der Waals surface area contributed by atoms with E-state index in [0.29, 0.717) is 12.4 Å². The van der Waals surface area contributed by atoms with Gasteiger partial charge in [-0.05, 0) is 78.0 Å². The van der Waals surface area contributed by atoms with Crippen molar-refractivity contribution in [2.75, 3.05) is 34.3 Å². The number of halogens is 1. The minimum atomic E-state index is -1.13. The molecule has 2 aromatic heterocycles. The first-order valence-electron chi connectivity index (χ1n) is 20.5. The molecule has 0 saturated carbocycles. The highest BCUT2D eigenvalue weighted by Gasteiger charge is 2.42. The topological polar surface area (TPSA) is 140 Å². The van der Waals surface area contributed by atoms with Gasteiger partial charge in [-0.3, -0.25) is 14.5 Å². The van der Waals surface area contributed by atoms with E-state index < -0.39 is 30.4 Å². The third-order valence-corrected chi connectivity index (χ3v) is 11.8. The highest BCUT2D eigenvalue weighted by Crippen LogP contribution is 2.37. The summed E-state index contributed by atoms with van der Waals surface area (Å²) < 4.78 is 19.7. The van der Waals surface area contributed by atoms with Crippen LogP contribution in [0.4, 0.5) is 9.18 Å². The molecule has 12 nitrogen and oxygen atoms in total. The molecule has 0 radical (unpaired) electrons. The molecule has 5 atom stereocenters. The van der Waals surface area contributed by atoms with Crippen molar-refractivity contribution < 1.29 is 23.5 Å². The number of nitrogens with one attached hydrogen (secondary N) is 3. The van der Waals surface area contributed by atoms with Crippen LogP contribution >= 0.6 is 0 Å². The molecular formula is C47H51FN8O4. The Labute approximate surface area is 349 Å². The predicted molar refractivity (Wildman–Crippen MR) is 229 cm³/mol. The highest BCUT2D eigenvalue weighted by molar-refractivity contribution is 5.91. The average Bonchev–Trinajstić information content (AvgIpc) is 4.09. The third-order valence-electron chi connectivity index (χ3n) is 11.8. The molecule has 6 aromatic rings. The van der Waals surface area contributed by atoms with Crippen molar-refractivity contribution in [3.8, 4) is 33.6 Å². The van der Waals surface area contributed by atoms with E-state index in [1.165, 1.54) is 7.11 Å². The molecule has 310 valence electrons. The van der Waals surface area contributed by atoms with Gasteiger partial charge < -0.3 is 29.8 Å². The number of carbonyl (C=O) groups excluding carboxylic acids is 3. The van der Waals surface area contributed by atoms with E-state index in [1.54, 1.807) is 11.1 Å². The minimum absolute atomic E-state index is 0.0319. The quantitative estimate of drug-likeness (QED) is 0.120. The Morgan fingerprint density at radius 3 is 2.03 bits per heavy atom. The lowest BCUT2D eigenvalue weighted by Crippen LogP contribution is -2.51. The Hall–Kier alpha value is -6.34. The summed E-state index contributed by atoms with van der Waals surface area (Å²) >= 11 is 0. The van der Waals surface area contributed by atoms with E-state index in [2.05, 4.69) is 68.8 Å². The first-order valence-corrected chi connectivity index (χ1v) is 20.5. The van der Waals surface area contributed by atoms with Gasteiger partial charge in [0, 0.05) is 18.5 Å². The van der Waals surface area contributed by atoms with Crippen LogP contribution in [0.25, 0.3) is 44.4 Å². The molecule has 1 unspecified atom stereocenters. The number of imidazole rings is 2. The Morgan fingerprint density at radius 1 is 0.783 bits per heavy atom. The van der Waals surface area contributed by atoms with Gasteiger partial charge in [-0.15, -0.1) is 0 Å². The number of alkyl carbamates (subject to hydrolysis) is 1. The highest BCUT2D eigenvalue weighted by atomic mass is 19.1. The molecule has 0 spiro atoms. The maximum Gasteiger partial charge on any atom is 0.407 e. The Bertz CT molecular complexity index is 2480. The molecule has 0 aliphatic carbocycles. The number of methoxy groups -OCH3 is 1. The standard InChI is InChI=1S/C47H51FN8O4/c1-28(2)41(53-47(59)60-5)45(57)55-21-9-12-39(55)43-49-26-38(52-43)35-20-19-33-22-32(17-18-34(33)23-35)29-13-15-30(16-14-29)37-25-50-44(51-37)40-24-36(48)27-56(40)46(58)42(54(3)4)31-10-7-6-8-11-31/h6-8,10-11,13-20,22-23,25-26,28,36,39-42H,9,12,21,24,27H2,1-5H3,(H,49,52)(H,50,51)(H,53,59)/t36-,39+,40+,41?,42-/m1/s1. The van der Waals surface area contributed by atoms with Crippen LogP contribution in [0.1, 0.15) is 68.4 Å². The molecule has 13 heteroatoms. The number of fused-ring (bicyclic) bond motifs is 1. The fourth-order valence-electron chi connectivity index (χ4n) is 8.67. The molecule has 3 amide bonds. The number of amides is 3. The number of aromatic amines is 2. The van der Waals surface area contributed by atoms with E-state index in [9.17, 15) is 18.8 Å². The van der Waals surface area contributed by atoms with Crippen LogP contribution in [0.5, 0.6) is 0 Å². The first kappa shape index (κ1) is 40.4. The minimum Gasteiger partial charge on any atom is -0.453 e. The lowest BCUT2D eigenvalue weighted by molar-refractivity contribution is -0.137. The number of likely N-dealkylation sites (N-methyl/N-ethyl adjacent to an activating group) is 1. The van der Waals surface area contributed by atoms with Gasteiger partial charge in [-0.2, -0.15) is 0 Å². The largest absolute Gasteiger partial charge is 0.453 e. The van der Waals surface area contributed by atoms with Crippen LogP contribution in [0.2, 0.25) is 0 Å². The average molecular weight is 811 g/mol. The number of rotatable bonds is 11. The summed E-state index contributed by atoms with van der Waals surface area (Å²) in [5.74, 6) is 0.910. The van der Waals surface area contributed by atoms with Gasteiger partial charge in [0.15, 0.2) is 0 Å². The van der Waals surface area contributed by atoms with Crippen molar-refractivity contribution in [3.63, 3.8) is 0 Å². The molecule has 0 bridgehead atoms. The van der Waals surface area contributed by atoms with Crippen LogP contribution in [-0.4, -0.2) is 99.1 Å². The Kier molecular flexibility index (Phi) is 11.5. The molecule has 2 aliphatic rings. The van der Waals surface area contributed by atoms with E-state index in [0.717, 1.165) is 68.6 Å². The van der Waals surface area contributed by atoms with Gasteiger partial charge in [0.2, 0.25) is 11.8 Å². The molecule has 2 fully saturated rings. The maximum absolute atomic E-state index is 15.0. The van der Waals surface area contributed by atoms with Gasteiger partial charge in [0.1, 0.15) is 29.9 Å². The second-order valence-electron chi connectivity index (χ2n) is 16.4. The number of hydrogen-bond acceptors (Lipinski definition) is 7. The number of ether oxygens (including phenoxy) is 1. The summed E-state index contributed by atoms with van der Waals surface area (Å²) in [6.07, 6.45) is 3.63. The molecule has 8 rings (SSSR count). The lowest BCUT2D eigenvalue weighted by atomic mass is 9.98. The lowest BCUT2D eigenvalue weighted by Gasteiger charge is -2.31. The van der Waals surface area contributed by atoms with Crippen molar-refractivity contribution in [2.24, 2.45) is 5.92 Å². The number of H-pyrrole nitrogens is 2. The van der Waals surface area contributed by atoms with E-state index in [-0.39, 0.29) is 36.7 Å². The van der Waals surface area contributed by atoms with Gasteiger partial charge >= 0.3 is 6.09 Å². The van der Waals surface area contributed by atoms with E-state index in [4.69, 9.17) is 9.72 Å². The van der Waals surface area contributed by atoms with Crippen LogP contribution < -0.4 is 5.32 Å². The molecule has 3 N–H and O–H groups in total. The van der Waals surface area contributed by atoms with Crippen molar-refractivity contribution in [1.82, 2.24) is 40.0 Å². The zero-order valence-electron chi connectivity index (χ0n) is 34.6. The zero-order chi connectivity index (χ0) is 42.1. The van der Waals surface area contributed by atoms with Gasteiger partial charge in [-0.1, -0.05) is 92.7 Å². The smallest absolute Gasteiger partial charge is 0.407 e. The fourth-order valence-corrected chi connectivity index (χ4v) is 8.67. The molecule has 4 aromatic carbocycles. The molecule has 4 heterocycles. The predicted octanol–water partition coefficient (Wildman–Crippen LogP) is 8.25. The van der Waals surface area contributed by atoms with Gasteiger partial charge in [-0.25, -0.2) is 19.2 Å². The van der Waals surface area contributed by atoms with Crippen molar-refractivity contribution in [1.29, 1.82) is 0 Å². The number of likely N-dealkylation sites (tertiary alicyclic amines) is 2. The molecule has 2 saturated heterocycles. The van der Waals surface area contributed by atoms with Crippen LogP contribution in [-0.2, 0) is 14.3 Å². The van der Waals surface area contributed by atoms with Crippen LogP contribution in [0, 0.1) is 5.92 Å². The number of benzene rings is 4. The van der Waals surface area contributed by atoms with E-state index in [1.807, 2.05) is 86.4 Å². The summed E-state index contributed by atoms with van der Waals surface area (Å²) in [7, 11) is 5.02. The Balaban J connectivity index is 0.951. The molecule has 2 aliphatic heterocycles. The molecular weight excluding hydrogens is 760 g/mol. The number of hydrogen-bond donors (Lipinski definition) is 3. The summed E-state index contributed by atoms with van der Waals surface area (Å²) in [6.45, 7) is 4.43. The monoisotopic (exact) mass is 810 g/mol. The van der Waals surface area contributed by atoms with Crippen molar-refractivity contribution in [2.45, 2.75) is 63.4 Å². The number of nitrogens with zero attached hydrogens (tertiary/aromatic N) is 5. The van der Waals surface area contributed by atoms with Gasteiger partial charge in [0.05, 0.1) is 49.5 Å². The number of carbonyl (C=O) groups is 3. The number of alkyl halides is 1. The fraction of sp³-hybridized carbons (Fsp3) is 0.340. The van der Waals surface area contributed by atoms with Gasteiger partial charge in [0.25, 0.3) is 0 Å². The maximum atomic E-state index is 15.0. The number of aromatic nitrogens is 4. The van der Waals surface area contributed by atoms with E-state index >= 15 is 0 Å². The Morgan fingerprint density at radius 2 is 1.38 bits per heavy atom. The van der Waals surface area contributed by atoms with Crippen molar-refractivity contribution in [3.05, 3.63) is 121 Å².